The van der Waals surface area contributed by atoms with Crippen molar-refractivity contribution in [2.45, 2.75) is 13.3 Å². The van der Waals surface area contributed by atoms with Crippen molar-refractivity contribution in [3.05, 3.63) is 59.7 Å². The first kappa shape index (κ1) is 20.4. The Balaban J connectivity index is 2.11. The van der Waals surface area contributed by atoms with Crippen LogP contribution in [-0.2, 0) is 19.6 Å². The van der Waals surface area contributed by atoms with Crippen LogP contribution < -0.4 is 9.62 Å². The summed E-state index contributed by atoms with van der Waals surface area (Å²) in [6, 6.07) is 13.5. The fourth-order valence-corrected chi connectivity index (χ4v) is 3.42. The van der Waals surface area contributed by atoms with Gasteiger partial charge in [-0.15, -0.1) is 0 Å². The number of amides is 1. The van der Waals surface area contributed by atoms with E-state index < -0.39 is 21.9 Å². The monoisotopic (exact) mass is 390 g/mol. The standard InChI is InChI=1S/C19H22N2O5S/c1-14-8-10-15(11-9-14)21(27(3,24)25)13-12-18(22)20-17-7-5-4-6-16(17)19(23)26-2/h4-11H,12-13H2,1-3H3,(H,20,22). The van der Waals surface area contributed by atoms with E-state index in [0.29, 0.717) is 11.4 Å². The van der Waals surface area contributed by atoms with Gasteiger partial charge in [-0.05, 0) is 31.2 Å². The van der Waals surface area contributed by atoms with Crippen molar-refractivity contribution in [2.75, 3.05) is 29.5 Å². The van der Waals surface area contributed by atoms with Gasteiger partial charge < -0.3 is 10.1 Å². The molecule has 1 N–H and O–H groups in total. The second-order valence-electron chi connectivity index (χ2n) is 6.01. The molecule has 0 spiro atoms. The first-order valence-corrected chi connectivity index (χ1v) is 10.1. The molecule has 0 fully saturated rings. The molecule has 0 radical (unpaired) electrons. The molecule has 0 aliphatic heterocycles. The van der Waals surface area contributed by atoms with Crippen LogP contribution in [0.5, 0.6) is 0 Å². The number of hydrogen-bond acceptors (Lipinski definition) is 5. The number of carbonyl (C=O) groups excluding carboxylic acids is 2. The molecule has 0 atom stereocenters. The smallest absolute Gasteiger partial charge is 0.339 e. The van der Waals surface area contributed by atoms with Gasteiger partial charge in [0.2, 0.25) is 15.9 Å². The molecular formula is C19H22N2O5S. The Morgan fingerprint density at radius 1 is 1.07 bits per heavy atom. The summed E-state index contributed by atoms with van der Waals surface area (Å²) in [7, 11) is -2.29. The zero-order valence-corrected chi connectivity index (χ0v) is 16.2. The van der Waals surface area contributed by atoms with Crippen molar-refractivity contribution >= 4 is 33.3 Å². The molecule has 7 nitrogen and oxygen atoms in total. The summed E-state index contributed by atoms with van der Waals surface area (Å²) in [6.45, 7) is 1.88. The van der Waals surface area contributed by atoms with Crippen molar-refractivity contribution in [3.8, 4) is 0 Å². The number of methoxy groups -OCH3 is 1. The van der Waals surface area contributed by atoms with Crippen LogP contribution in [0.4, 0.5) is 11.4 Å². The number of para-hydroxylation sites is 1. The molecule has 2 rings (SSSR count). The van der Waals surface area contributed by atoms with Gasteiger partial charge in [-0.1, -0.05) is 29.8 Å². The molecule has 8 heteroatoms. The van der Waals surface area contributed by atoms with Crippen LogP contribution in [0, 0.1) is 6.92 Å². The Morgan fingerprint density at radius 3 is 2.30 bits per heavy atom. The molecule has 0 heterocycles. The highest BCUT2D eigenvalue weighted by Gasteiger charge is 2.19. The zero-order chi connectivity index (χ0) is 20.0. The van der Waals surface area contributed by atoms with Gasteiger partial charge in [-0.3, -0.25) is 9.10 Å². The normalized spacial score (nSPS) is 10.9. The van der Waals surface area contributed by atoms with Gasteiger partial charge in [0.1, 0.15) is 0 Å². The van der Waals surface area contributed by atoms with E-state index in [2.05, 4.69) is 5.32 Å². The third-order valence-corrected chi connectivity index (χ3v) is 5.06. The first-order valence-electron chi connectivity index (χ1n) is 8.24. The molecule has 0 saturated heterocycles. The third kappa shape index (κ3) is 5.55. The highest BCUT2D eigenvalue weighted by molar-refractivity contribution is 7.92. The number of rotatable bonds is 7. The minimum atomic E-state index is -3.55. The maximum absolute atomic E-state index is 12.3. The molecule has 0 aromatic heterocycles. The summed E-state index contributed by atoms with van der Waals surface area (Å²) < 4.78 is 30.1. The van der Waals surface area contributed by atoms with Crippen molar-refractivity contribution in [1.82, 2.24) is 0 Å². The summed E-state index contributed by atoms with van der Waals surface area (Å²) in [6.07, 6.45) is 1.02. The second-order valence-corrected chi connectivity index (χ2v) is 7.91. The van der Waals surface area contributed by atoms with Crippen LogP contribution in [0.15, 0.2) is 48.5 Å². The highest BCUT2D eigenvalue weighted by Crippen LogP contribution is 2.20. The molecule has 2 aromatic carbocycles. The number of anilines is 2. The van der Waals surface area contributed by atoms with Crippen LogP contribution >= 0.6 is 0 Å². The lowest BCUT2D eigenvalue weighted by molar-refractivity contribution is -0.116. The van der Waals surface area contributed by atoms with Crippen molar-refractivity contribution in [2.24, 2.45) is 0 Å². The van der Waals surface area contributed by atoms with Gasteiger partial charge in [0.25, 0.3) is 0 Å². The number of ether oxygens (including phenoxy) is 1. The van der Waals surface area contributed by atoms with E-state index in [9.17, 15) is 18.0 Å². The number of nitrogens with one attached hydrogen (secondary N) is 1. The van der Waals surface area contributed by atoms with Gasteiger partial charge >= 0.3 is 5.97 Å². The molecule has 2 aromatic rings. The highest BCUT2D eigenvalue weighted by atomic mass is 32.2. The number of esters is 1. The van der Waals surface area contributed by atoms with E-state index in [1.54, 1.807) is 42.5 Å². The number of sulfonamides is 1. The van der Waals surface area contributed by atoms with Crippen molar-refractivity contribution in [3.63, 3.8) is 0 Å². The lowest BCUT2D eigenvalue weighted by atomic mass is 10.1. The maximum atomic E-state index is 12.3. The van der Waals surface area contributed by atoms with E-state index in [1.165, 1.54) is 17.5 Å². The Kier molecular flexibility index (Phi) is 6.57. The van der Waals surface area contributed by atoms with Gasteiger partial charge in [0.05, 0.1) is 30.3 Å². The Labute approximate surface area is 159 Å². The van der Waals surface area contributed by atoms with E-state index >= 15 is 0 Å². The summed E-state index contributed by atoms with van der Waals surface area (Å²) in [5.74, 6) is -0.976. The lowest BCUT2D eigenvalue weighted by Gasteiger charge is -2.22. The fourth-order valence-electron chi connectivity index (χ4n) is 2.49. The van der Waals surface area contributed by atoms with E-state index in [4.69, 9.17) is 4.74 Å². The Morgan fingerprint density at radius 2 is 1.70 bits per heavy atom. The summed E-state index contributed by atoms with van der Waals surface area (Å²) >= 11 is 0. The third-order valence-electron chi connectivity index (χ3n) is 3.87. The summed E-state index contributed by atoms with van der Waals surface area (Å²) in [4.78, 5) is 24.1. The Hall–Kier alpha value is -2.87. The van der Waals surface area contributed by atoms with Gasteiger partial charge in [-0.2, -0.15) is 0 Å². The SMILES string of the molecule is COC(=O)c1ccccc1NC(=O)CCN(c1ccc(C)cc1)S(C)(=O)=O. The second kappa shape index (κ2) is 8.68. The molecule has 0 bridgehead atoms. The molecule has 144 valence electrons. The van der Waals surface area contributed by atoms with Crippen LogP contribution in [0.25, 0.3) is 0 Å². The van der Waals surface area contributed by atoms with Crippen LogP contribution in [0.1, 0.15) is 22.3 Å². The Bertz CT molecular complexity index is 923. The number of benzene rings is 2. The number of carbonyl (C=O) groups is 2. The summed E-state index contributed by atoms with van der Waals surface area (Å²) in [5.41, 5.74) is 2.04. The lowest BCUT2D eigenvalue weighted by Crippen LogP contribution is -2.33. The minimum Gasteiger partial charge on any atom is -0.465 e. The molecule has 0 aliphatic rings. The fraction of sp³-hybridized carbons (Fsp3) is 0.263. The van der Waals surface area contributed by atoms with Gasteiger partial charge in [0.15, 0.2) is 0 Å². The number of hydrogen-bond donors (Lipinski definition) is 1. The summed E-state index contributed by atoms with van der Waals surface area (Å²) in [5, 5.41) is 2.63. The van der Waals surface area contributed by atoms with E-state index in [-0.39, 0.29) is 18.5 Å². The van der Waals surface area contributed by atoms with Gasteiger partial charge in [-0.25, -0.2) is 13.2 Å². The number of aryl methyl sites for hydroxylation is 1. The molecule has 0 unspecified atom stereocenters. The van der Waals surface area contributed by atoms with E-state index in [1.807, 2.05) is 6.92 Å². The predicted octanol–water partition coefficient (Wildman–Crippen LogP) is 2.58. The average Bonchev–Trinajstić information content (AvgIpc) is 2.62. The molecular weight excluding hydrogens is 368 g/mol. The molecule has 1 amide bonds. The van der Waals surface area contributed by atoms with Crippen LogP contribution in [0.2, 0.25) is 0 Å². The topological polar surface area (TPSA) is 92.8 Å². The molecule has 27 heavy (non-hydrogen) atoms. The van der Waals surface area contributed by atoms with Crippen molar-refractivity contribution < 1.29 is 22.7 Å². The average molecular weight is 390 g/mol. The van der Waals surface area contributed by atoms with Crippen LogP contribution in [0.3, 0.4) is 0 Å². The number of nitrogens with zero attached hydrogens (tertiary/aromatic N) is 1. The van der Waals surface area contributed by atoms with Gasteiger partial charge in [0, 0.05) is 13.0 Å². The van der Waals surface area contributed by atoms with Crippen molar-refractivity contribution in [1.29, 1.82) is 0 Å². The zero-order valence-electron chi connectivity index (χ0n) is 15.4. The minimum absolute atomic E-state index is 0.0197. The first-order chi connectivity index (χ1) is 12.7. The van der Waals surface area contributed by atoms with E-state index in [0.717, 1.165) is 11.8 Å². The largest absolute Gasteiger partial charge is 0.465 e. The maximum Gasteiger partial charge on any atom is 0.339 e. The molecule has 0 aliphatic carbocycles. The van der Waals surface area contributed by atoms with Crippen LogP contribution in [-0.4, -0.2) is 40.2 Å². The quantitative estimate of drug-likeness (QED) is 0.734. The molecule has 0 saturated carbocycles. The predicted molar refractivity (Wildman–Crippen MR) is 104 cm³/mol.